The monoisotopic (exact) mass is 274 g/mol. The molecule has 1 unspecified atom stereocenters. The van der Waals surface area contributed by atoms with Crippen LogP contribution in [0.4, 0.5) is 5.13 Å². The second kappa shape index (κ2) is 5.07. The second-order valence-corrected chi connectivity index (χ2v) is 5.38. The van der Waals surface area contributed by atoms with Crippen molar-refractivity contribution in [3.8, 4) is 11.4 Å². The number of aromatic nitrogens is 2. The lowest BCUT2D eigenvalue weighted by molar-refractivity contribution is -0.117. The van der Waals surface area contributed by atoms with Crippen molar-refractivity contribution in [2.45, 2.75) is 6.42 Å². The zero-order valence-corrected chi connectivity index (χ0v) is 11.1. The normalized spacial score (nSPS) is 19.1. The molecule has 2 aromatic rings. The largest absolute Gasteiger partial charge is 0.330 e. The predicted molar refractivity (Wildman–Crippen MR) is 74.9 cm³/mol. The Hall–Kier alpha value is -1.79. The highest BCUT2D eigenvalue weighted by Crippen LogP contribution is 2.30. The van der Waals surface area contributed by atoms with Crippen molar-refractivity contribution in [3.05, 3.63) is 29.8 Å². The number of nitrogens with zero attached hydrogens (tertiary/aromatic N) is 3. The van der Waals surface area contributed by atoms with Gasteiger partial charge in [0, 0.05) is 24.5 Å². The summed E-state index contributed by atoms with van der Waals surface area (Å²) in [7, 11) is 0. The van der Waals surface area contributed by atoms with Gasteiger partial charge in [-0.1, -0.05) is 6.07 Å². The third kappa shape index (κ3) is 2.36. The number of nitrogens with two attached hydrogens (primary N) is 1. The molecular weight excluding hydrogens is 260 g/mol. The molecular formula is C13H14N4OS. The minimum atomic E-state index is 0.109. The summed E-state index contributed by atoms with van der Waals surface area (Å²) in [6.07, 6.45) is 2.26. The Kier molecular flexibility index (Phi) is 3.27. The number of hydrogen-bond acceptors (Lipinski definition) is 5. The van der Waals surface area contributed by atoms with Gasteiger partial charge in [-0.25, -0.2) is 4.98 Å². The summed E-state index contributed by atoms with van der Waals surface area (Å²) in [5.41, 5.74) is 7.26. The lowest BCUT2D eigenvalue weighted by Gasteiger charge is -2.11. The third-order valence-corrected chi connectivity index (χ3v) is 4.05. The lowest BCUT2D eigenvalue weighted by atomic mass is 10.1. The molecule has 3 rings (SSSR count). The highest BCUT2D eigenvalue weighted by molar-refractivity contribution is 7.14. The van der Waals surface area contributed by atoms with Crippen LogP contribution in [-0.2, 0) is 4.79 Å². The molecule has 0 saturated carbocycles. The van der Waals surface area contributed by atoms with Crippen molar-refractivity contribution in [3.63, 3.8) is 0 Å². The number of amides is 1. The molecule has 98 valence electrons. The van der Waals surface area contributed by atoms with E-state index in [2.05, 4.69) is 9.97 Å². The highest BCUT2D eigenvalue weighted by atomic mass is 32.1. The SMILES string of the molecule is NCC1CC(=O)N(c2nc(-c3ccccn3)cs2)C1. The molecule has 0 radical (unpaired) electrons. The van der Waals surface area contributed by atoms with Gasteiger partial charge in [0.1, 0.15) is 5.69 Å². The van der Waals surface area contributed by atoms with Gasteiger partial charge in [-0.15, -0.1) is 11.3 Å². The predicted octanol–water partition coefficient (Wildman–Crippen LogP) is 1.52. The molecule has 1 saturated heterocycles. The molecule has 2 N–H and O–H groups in total. The molecule has 0 aliphatic carbocycles. The summed E-state index contributed by atoms with van der Waals surface area (Å²) in [4.78, 5) is 22.4. The van der Waals surface area contributed by atoms with Crippen LogP contribution in [0.15, 0.2) is 29.8 Å². The Morgan fingerprint density at radius 2 is 2.32 bits per heavy atom. The summed E-state index contributed by atoms with van der Waals surface area (Å²) in [6, 6.07) is 5.70. The van der Waals surface area contributed by atoms with E-state index < -0.39 is 0 Å². The van der Waals surface area contributed by atoms with Crippen molar-refractivity contribution < 1.29 is 4.79 Å². The fourth-order valence-corrected chi connectivity index (χ4v) is 2.99. The van der Waals surface area contributed by atoms with E-state index in [0.29, 0.717) is 19.5 Å². The molecule has 19 heavy (non-hydrogen) atoms. The molecule has 5 nitrogen and oxygen atoms in total. The summed E-state index contributed by atoms with van der Waals surface area (Å²) < 4.78 is 0. The van der Waals surface area contributed by atoms with Crippen molar-refractivity contribution >= 4 is 22.4 Å². The van der Waals surface area contributed by atoms with Crippen LogP contribution in [0.1, 0.15) is 6.42 Å². The van der Waals surface area contributed by atoms with Crippen molar-refractivity contribution in [2.75, 3.05) is 18.0 Å². The Balaban J connectivity index is 1.84. The van der Waals surface area contributed by atoms with Crippen molar-refractivity contribution in [2.24, 2.45) is 11.7 Å². The summed E-state index contributed by atoms with van der Waals surface area (Å²) in [5, 5.41) is 2.67. The van der Waals surface area contributed by atoms with Gasteiger partial charge in [0.25, 0.3) is 0 Å². The Morgan fingerprint density at radius 1 is 1.42 bits per heavy atom. The molecule has 2 aromatic heterocycles. The van der Waals surface area contributed by atoms with Crippen LogP contribution in [0, 0.1) is 5.92 Å². The highest BCUT2D eigenvalue weighted by Gasteiger charge is 2.31. The fraction of sp³-hybridized carbons (Fsp3) is 0.308. The van der Waals surface area contributed by atoms with E-state index in [0.717, 1.165) is 16.5 Å². The van der Waals surface area contributed by atoms with Gasteiger partial charge < -0.3 is 5.73 Å². The molecule has 1 aliphatic heterocycles. The average Bonchev–Trinajstić information content (AvgIpc) is 3.06. The summed E-state index contributed by atoms with van der Waals surface area (Å²) in [6.45, 7) is 1.21. The average molecular weight is 274 g/mol. The third-order valence-electron chi connectivity index (χ3n) is 3.19. The van der Waals surface area contributed by atoms with Crippen molar-refractivity contribution in [1.29, 1.82) is 0 Å². The van der Waals surface area contributed by atoms with Gasteiger partial charge in [-0.2, -0.15) is 0 Å². The maximum Gasteiger partial charge on any atom is 0.229 e. The van der Waals surface area contributed by atoms with Crippen LogP contribution in [0.5, 0.6) is 0 Å². The number of thiazole rings is 1. The number of carbonyl (C=O) groups is 1. The molecule has 3 heterocycles. The first-order valence-corrected chi connectivity index (χ1v) is 7.03. The second-order valence-electron chi connectivity index (χ2n) is 4.54. The molecule has 0 bridgehead atoms. The number of pyridine rings is 1. The Bertz CT molecular complexity index is 583. The standard InChI is InChI=1S/C13H14N4OS/c14-6-9-5-12(18)17(7-9)13-16-11(8-19-13)10-3-1-2-4-15-10/h1-4,8-9H,5-7,14H2. The van der Waals surface area contributed by atoms with Gasteiger partial charge in [0.2, 0.25) is 5.91 Å². The molecule has 1 atom stereocenters. The van der Waals surface area contributed by atoms with Crippen molar-refractivity contribution in [1.82, 2.24) is 9.97 Å². The summed E-state index contributed by atoms with van der Waals surface area (Å²) >= 11 is 1.47. The molecule has 6 heteroatoms. The maximum absolute atomic E-state index is 11.9. The molecule has 1 fully saturated rings. The fourth-order valence-electron chi connectivity index (χ4n) is 2.14. The topological polar surface area (TPSA) is 72.1 Å². The first-order valence-electron chi connectivity index (χ1n) is 6.15. The number of rotatable bonds is 3. The van der Waals surface area contributed by atoms with Gasteiger partial charge in [-0.05, 0) is 24.6 Å². The van der Waals surface area contributed by atoms with Gasteiger partial charge in [0.15, 0.2) is 5.13 Å². The van der Waals surface area contributed by atoms with Crippen LogP contribution in [0.2, 0.25) is 0 Å². The molecule has 0 aromatic carbocycles. The van der Waals surface area contributed by atoms with Crippen LogP contribution < -0.4 is 10.6 Å². The number of carbonyl (C=O) groups excluding carboxylic acids is 1. The minimum Gasteiger partial charge on any atom is -0.330 e. The first-order chi connectivity index (χ1) is 9.28. The van der Waals surface area contributed by atoms with E-state index >= 15 is 0 Å². The maximum atomic E-state index is 11.9. The number of hydrogen-bond donors (Lipinski definition) is 1. The van der Waals surface area contributed by atoms with E-state index in [9.17, 15) is 4.79 Å². The Labute approximate surface area is 115 Å². The van der Waals surface area contributed by atoms with E-state index in [-0.39, 0.29) is 11.8 Å². The van der Waals surface area contributed by atoms with E-state index in [1.165, 1.54) is 11.3 Å². The summed E-state index contributed by atoms with van der Waals surface area (Å²) in [5.74, 6) is 0.354. The smallest absolute Gasteiger partial charge is 0.229 e. The first kappa shape index (κ1) is 12.3. The van der Waals surface area contributed by atoms with E-state index in [4.69, 9.17) is 5.73 Å². The lowest BCUT2D eigenvalue weighted by Crippen LogP contribution is -2.25. The Morgan fingerprint density at radius 3 is 3.00 bits per heavy atom. The number of anilines is 1. The van der Waals surface area contributed by atoms with Crippen LogP contribution in [0.25, 0.3) is 11.4 Å². The van der Waals surface area contributed by atoms with E-state index in [1.807, 2.05) is 23.6 Å². The van der Waals surface area contributed by atoms with Crippen LogP contribution in [0.3, 0.4) is 0 Å². The molecule has 0 spiro atoms. The van der Waals surface area contributed by atoms with Gasteiger partial charge in [-0.3, -0.25) is 14.7 Å². The van der Waals surface area contributed by atoms with Gasteiger partial charge in [0.05, 0.1) is 5.69 Å². The zero-order chi connectivity index (χ0) is 13.2. The van der Waals surface area contributed by atoms with Crippen LogP contribution in [-0.4, -0.2) is 29.0 Å². The van der Waals surface area contributed by atoms with E-state index in [1.54, 1.807) is 11.1 Å². The van der Waals surface area contributed by atoms with Crippen LogP contribution >= 0.6 is 11.3 Å². The quantitative estimate of drug-likeness (QED) is 0.921. The molecule has 1 aliphatic rings. The minimum absolute atomic E-state index is 0.109. The van der Waals surface area contributed by atoms with Gasteiger partial charge >= 0.3 is 0 Å². The molecule has 1 amide bonds. The zero-order valence-electron chi connectivity index (χ0n) is 10.3.